The van der Waals surface area contributed by atoms with Crippen molar-refractivity contribution in [3.8, 4) is 0 Å². The molecule has 1 heterocycles. The Balaban J connectivity index is 2.23. The maximum Gasteiger partial charge on any atom is 0.137 e. The van der Waals surface area contributed by atoms with Crippen LogP contribution in [0.3, 0.4) is 0 Å². The molecule has 1 aromatic carbocycles. The van der Waals surface area contributed by atoms with Crippen molar-refractivity contribution in [2.24, 2.45) is 5.41 Å². The Hall–Kier alpha value is -1.20. The van der Waals surface area contributed by atoms with Crippen molar-refractivity contribution in [3.05, 3.63) is 29.0 Å². The molecule has 102 valence electrons. The molecule has 4 nitrogen and oxygen atoms in total. The third kappa shape index (κ3) is 3.64. The second kappa shape index (κ2) is 5.84. The fourth-order valence-corrected chi connectivity index (χ4v) is 2.24. The maximum atomic E-state index is 9.05. The first-order valence-corrected chi connectivity index (χ1v) is 7.06. The summed E-state index contributed by atoms with van der Waals surface area (Å²) in [7, 11) is 0. The van der Waals surface area contributed by atoms with Crippen molar-refractivity contribution in [1.29, 1.82) is 0 Å². The molecule has 5 heteroatoms. The summed E-state index contributed by atoms with van der Waals surface area (Å²) >= 11 is 3.47. The number of hydrogen-bond donors (Lipinski definition) is 2. The molecule has 0 saturated carbocycles. The molecule has 0 aliphatic rings. The first-order valence-electron chi connectivity index (χ1n) is 6.27. The molecule has 0 spiro atoms. The number of nitrogens with zero attached hydrogens (tertiary/aromatic N) is 2. The quantitative estimate of drug-likeness (QED) is 0.887. The van der Waals surface area contributed by atoms with Crippen LogP contribution in [0.2, 0.25) is 0 Å². The number of anilines is 1. The summed E-state index contributed by atoms with van der Waals surface area (Å²) in [5.41, 5.74) is 0.943. The summed E-state index contributed by atoms with van der Waals surface area (Å²) in [6.07, 6.45) is 2.32. The van der Waals surface area contributed by atoms with Crippen LogP contribution >= 0.6 is 15.9 Å². The predicted molar refractivity (Wildman–Crippen MR) is 81.2 cm³/mol. The summed E-state index contributed by atoms with van der Waals surface area (Å²) in [6.45, 7) is 5.20. The molecule has 1 aromatic heterocycles. The Labute approximate surface area is 121 Å². The highest BCUT2D eigenvalue weighted by molar-refractivity contribution is 9.10. The largest absolute Gasteiger partial charge is 0.396 e. The monoisotopic (exact) mass is 323 g/mol. The number of benzene rings is 1. The van der Waals surface area contributed by atoms with Gasteiger partial charge in [-0.05, 0) is 30.0 Å². The predicted octanol–water partition coefficient (Wildman–Crippen LogP) is 3.21. The van der Waals surface area contributed by atoms with E-state index in [0.717, 1.165) is 34.2 Å². The molecular formula is C14H18BrN3O. The second-order valence-corrected chi connectivity index (χ2v) is 6.29. The highest BCUT2D eigenvalue weighted by atomic mass is 79.9. The van der Waals surface area contributed by atoms with Crippen LogP contribution in [-0.4, -0.2) is 28.2 Å². The van der Waals surface area contributed by atoms with Crippen molar-refractivity contribution < 1.29 is 5.11 Å². The first kappa shape index (κ1) is 14.2. The molecule has 0 saturated heterocycles. The molecule has 0 bridgehead atoms. The molecule has 19 heavy (non-hydrogen) atoms. The van der Waals surface area contributed by atoms with E-state index < -0.39 is 0 Å². The Morgan fingerprint density at radius 1 is 1.32 bits per heavy atom. The van der Waals surface area contributed by atoms with Gasteiger partial charge in [-0.25, -0.2) is 9.97 Å². The number of aromatic nitrogens is 2. The number of rotatable bonds is 5. The number of hydrogen-bond acceptors (Lipinski definition) is 4. The van der Waals surface area contributed by atoms with Gasteiger partial charge in [0.15, 0.2) is 0 Å². The molecule has 0 fully saturated rings. The van der Waals surface area contributed by atoms with Crippen LogP contribution in [0.15, 0.2) is 29.0 Å². The van der Waals surface area contributed by atoms with Gasteiger partial charge in [0.25, 0.3) is 0 Å². The Morgan fingerprint density at radius 3 is 2.84 bits per heavy atom. The van der Waals surface area contributed by atoms with Gasteiger partial charge >= 0.3 is 0 Å². The minimum absolute atomic E-state index is 0.0258. The topological polar surface area (TPSA) is 58.0 Å². The highest BCUT2D eigenvalue weighted by Gasteiger charge is 2.17. The summed E-state index contributed by atoms with van der Waals surface area (Å²) in [4.78, 5) is 8.56. The van der Waals surface area contributed by atoms with Gasteiger partial charge in [0.05, 0.1) is 5.52 Å². The van der Waals surface area contributed by atoms with Crippen molar-refractivity contribution in [1.82, 2.24) is 9.97 Å². The molecule has 0 atom stereocenters. The van der Waals surface area contributed by atoms with Gasteiger partial charge in [-0.15, -0.1) is 0 Å². The van der Waals surface area contributed by atoms with E-state index in [1.807, 2.05) is 18.2 Å². The van der Waals surface area contributed by atoms with E-state index in [1.165, 1.54) is 0 Å². The second-order valence-electron chi connectivity index (χ2n) is 5.38. The fourth-order valence-electron chi connectivity index (χ4n) is 1.88. The van der Waals surface area contributed by atoms with E-state index in [1.54, 1.807) is 6.33 Å². The number of nitrogens with one attached hydrogen (secondary N) is 1. The van der Waals surface area contributed by atoms with Crippen LogP contribution in [0.5, 0.6) is 0 Å². The lowest BCUT2D eigenvalue weighted by molar-refractivity contribution is 0.220. The van der Waals surface area contributed by atoms with Crippen molar-refractivity contribution in [3.63, 3.8) is 0 Å². The summed E-state index contributed by atoms with van der Waals surface area (Å²) in [5, 5.41) is 13.4. The van der Waals surface area contributed by atoms with E-state index in [2.05, 4.69) is 45.1 Å². The van der Waals surface area contributed by atoms with Crippen molar-refractivity contribution >= 4 is 32.7 Å². The molecule has 2 aromatic rings. The fraction of sp³-hybridized carbons (Fsp3) is 0.429. The Morgan fingerprint density at radius 2 is 2.11 bits per heavy atom. The van der Waals surface area contributed by atoms with Gasteiger partial charge < -0.3 is 10.4 Å². The minimum atomic E-state index is 0.0258. The average molecular weight is 324 g/mol. The average Bonchev–Trinajstić information content (AvgIpc) is 2.36. The van der Waals surface area contributed by atoms with Crippen molar-refractivity contribution in [2.75, 3.05) is 18.5 Å². The lowest BCUT2D eigenvalue weighted by atomic mass is 9.90. The van der Waals surface area contributed by atoms with Gasteiger partial charge in [0.2, 0.25) is 0 Å². The van der Waals surface area contributed by atoms with E-state index >= 15 is 0 Å². The lowest BCUT2D eigenvalue weighted by Crippen LogP contribution is -2.24. The van der Waals surface area contributed by atoms with Crippen LogP contribution in [-0.2, 0) is 0 Å². The van der Waals surface area contributed by atoms with Crippen LogP contribution in [0.1, 0.15) is 20.3 Å². The number of fused-ring (bicyclic) bond motifs is 1. The first-order chi connectivity index (χ1) is 9.02. The van der Waals surface area contributed by atoms with Gasteiger partial charge in [-0.2, -0.15) is 0 Å². The van der Waals surface area contributed by atoms with E-state index in [9.17, 15) is 0 Å². The smallest absolute Gasteiger partial charge is 0.137 e. The normalized spacial score (nSPS) is 11.8. The Kier molecular flexibility index (Phi) is 4.37. The molecule has 0 unspecified atom stereocenters. The molecule has 0 aliphatic heterocycles. The number of halogens is 1. The molecule has 0 radical (unpaired) electrons. The number of aliphatic hydroxyl groups is 1. The third-order valence-electron chi connectivity index (χ3n) is 3.12. The van der Waals surface area contributed by atoms with E-state index in [4.69, 9.17) is 5.11 Å². The molecular weight excluding hydrogens is 306 g/mol. The van der Waals surface area contributed by atoms with E-state index in [0.29, 0.717) is 0 Å². The van der Waals surface area contributed by atoms with Gasteiger partial charge in [0, 0.05) is 23.0 Å². The summed E-state index contributed by atoms with van der Waals surface area (Å²) in [5.74, 6) is 0.831. The summed E-state index contributed by atoms with van der Waals surface area (Å²) in [6, 6.07) is 5.94. The molecule has 2 N–H and O–H groups in total. The number of aliphatic hydroxyl groups excluding tert-OH is 1. The van der Waals surface area contributed by atoms with Crippen LogP contribution in [0.25, 0.3) is 10.9 Å². The van der Waals surface area contributed by atoms with Crippen LogP contribution in [0, 0.1) is 5.41 Å². The van der Waals surface area contributed by atoms with Gasteiger partial charge in [-0.1, -0.05) is 29.8 Å². The lowest BCUT2D eigenvalue weighted by Gasteiger charge is -2.24. The molecule has 0 aliphatic carbocycles. The zero-order valence-electron chi connectivity index (χ0n) is 11.2. The zero-order valence-corrected chi connectivity index (χ0v) is 12.7. The SMILES string of the molecule is CC(C)(CCO)CNc1ncnc2ccc(Br)cc12. The molecule has 0 amide bonds. The van der Waals surface area contributed by atoms with Crippen LogP contribution < -0.4 is 5.32 Å². The van der Waals surface area contributed by atoms with Crippen molar-refractivity contribution in [2.45, 2.75) is 20.3 Å². The highest BCUT2D eigenvalue weighted by Crippen LogP contribution is 2.25. The van der Waals surface area contributed by atoms with Gasteiger partial charge in [-0.3, -0.25) is 0 Å². The molecule has 2 rings (SSSR count). The summed E-state index contributed by atoms with van der Waals surface area (Å²) < 4.78 is 1.01. The third-order valence-corrected chi connectivity index (χ3v) is 3.61. The Bertz CT molecular complexity index is 572. The zero-order chi connectivity index (χ0) is 13.9. The standard InChI is InChI=1S/C14H18BrN3O/c1-14(2,5-6-19)8-16-13-11-7-10(15)3-4-12(11)17-9-18-13/h3-4,7,9,19H,5-6,8H2,1-2H3,(H,16,17,18). The van der Waals surface area contributed by atoms with Crippen LogP contribution in [0.4, 0.5) is 5.82 Å². The van der Waals surface area contributed by atoms with Gasteiger partial charge in [0.1, 0.15) is 12.1 Å². The van der Waals surface area contributed by atoms with E-state index in [-0.39, 0.29) is 12.0 Å². The maximum absolute atomic E-state index is 9.05. The minimum Gasteiger partial charge on any atom is -0.396 e.